The van der Waals surface area contributed by atoms with Crippen LogP contribution in [0.25, 0.3) is 0 Å². The van der Waals surface area contributed by atoms with Crippen LogP contribution in [-0.2, 0) is 9.59 Å². The van der Waals surface area contributed by atoms with Crippen molar-refractivity contribution in [2.75, 3.05) is 27.2 Å². The average Bonchev–Trinajstić information content (AvgIpc) is 2.74. The van der Waals surface area contributed by atoms with E-state index in [0.29, 0.717) is 18.9 Å². The topological polar surface area (TPSA) is 66.6 Å². The lowest BCUT2D eigenvalue weighted by molar-refractivity contribution is -0.139. The van der Waals surface area contributed by atoms with E-state index in [4.69, 9.17) is 5.73 Å². The number of likely N-dealkylation sites (N-methyl/N-ethyl adjacent to an activating group) is 1. The summed E-state index contributed by atoms with van der Waals surface area (Å²) < 4.78 is 0. The second-order valence-corrected chi connectivity index (χ2v) is 5.66. The van der Waals surface area contributed by atoms with Gasteiger partial charge in [-0.25, -0.2) is 0 Å². The fraction of sp³-hybridized carbons (Fsp3) is 0.857. The van der Waals surface area contributed by atoms with Gasteiger partial charge in [0.2, 0.25) is 11.8 Å². The summed E-state index contributed by atoms with van der Waals surface area (Å²) in [5, 5.41) is 0. The second-order valence-electron chi connectivity index (χ2n) is 5.66. The van der Waals surface area contributed by atoms with Gasteiger partial charge >= 0.3 is 0 Å². The van der Waals surface area contributed by atoms with Crippen molar-refractivity contribution in [3.05, 3.63) is 0 Å². The second kappa shape index (κ2) is 7.48. The first-order chi connectivity index (χ1) is 8.95. The number of carbonyl (C=O) groups is 2. The largest absolute Gasteiger partial charge is 0.347 e. The number of nitrogens with two attached hydrogens (primary N) is 1. The van der Waals surface area contributed by atoms with Gasteiger partial charge in [-0.15, -0.1) is 0 Å². The van der Waals surface area contributed by atoms with Crippen LogP contribution in [0.3, 0.4) is 0 Å². The van der Waals surface area contributed by atoms with Gasteiger partial charge in [0, 0.05) is 33.1 Å². The quantitative estimate of drug-likeness (QED) is 0.776. The van der Waals surface area contributed by atoms with Crippen LogP contribution in [-0.4, -0.2) is 54.8 Å². The Morgan fingerprint density at radius 2 is 1.89 bits per heavy atom. The molecule has 0 aromatic rings. The minimum absolute atomic E-state index is 0.0301. The van der Waals surface area contributed by atoms with Crippen molar-refractivity contribution >= 4 is 11.8 Å². The predicted octanol–water partition coefficient (Wildman–Crippen LogP) is 0.831. The molecule has 1 aliphatic rings. The Bertz CT molecular complexity index is 318. The van der Waals surface area contributed by atoms with Crippen molar-refractivity contribution in [2.24, 2.45) is 11.7 Å². The summed E-state index contributed by atoms with van der Waals surface area (Å²) in [4.78, 5) is 27.2. The van der Waals surface area contributed by atoms with E-state index >= 15 is 0 Å². The Morgan fingerprint density at radius 3 is 2.37 bits per heavy atom. The van der Waals surface area contributed by atoms with Gasteiger partial charge in [0.1, 0.15) is 0 Å². The molecular formula is C14H27N3O2. The molecule has 1 fully saturated rings. The van der Waals surface area contributed by atoms with Gasteiger partial charge < -0.3 is 15.5 Å². The van der Waals surface area contributed by atoms with Crippen molar-refractivity contribution in [3.8, 4) is 0 Å². The summed E-state index contributed by atoms with van der Waals surface area (Å²) in [5.41, 5.74) is 6.00. The van der Waals surface area contributed by atoms with Crippen molar-refractivity contribution in [1.29, 1.82) is 0 Å². The van der Waals surface area contributed by atoms with Gasteiger partial charge in [-0.2, -0.15) is 0 Å². The van der Waals surface area contributed by atoms with Crippen molar-refractivity contribution in [1.82, 2.24) is 9.80 Å². The Hall–Kier alpha value is -1.10. The minimum Gasteiger partial charge on any atom is -0.347 e. The monoisotopic (exact) mass is 269 g/mol. The molecule has 0 heterocycles. The van der Waals surface area contributed by atoms with Gasteiger partial charge in [0.15, 0.2) is 0 Å². The number of hydrogen-bond acceptors (Lipinski definition) is 3. The highest BCUT2D eigenvalue weighted by Gasteiger charge is 2.28. The van der Waals surface area contributed by atoms with E-state index in [1.54, 1.807) is 19.0 Å². The van der Waals surface area contributed by atoms with Gasteiger partial charge in [0.25, 0.3) is 0 Å². The average molecular weight is 269 g/mol. The lowest BCUT2D eigenvalue weighted by atomic mass is 9.99. The highest BCUT2D eigenvalue weighted by Crippen LogP contribution is 2.27. The zero-order valence-electron chi connectivity index (χ0n) is 12.4. The molecular weight excluding hydrogens is 242 g/mol. The summed E-state index contributed by atoms with van der Waals surface area (Å²) in [6.07, 6.45) is 4.52. The van der Waals surface area contributed by atoms with Crippen LogP contribution in [0, 0.1) is 5.92 Å². The summed E-state index contributed by atoms with van der Waals surface area (Å²) >= 11 is 0. The van der Waals surface area contributed by atoms with Crippen LogP contribution in [0.15, 0.2) is 0 Å². The Balaban J connectivity index is 2.54. The molecule has 2 N–H and O–H groups in total. The molecule has 0 saturated heterocycles. The van der Waals surface area contributed by atoms with E-state index in [-0.39, 0.29) is 24.4 Å². The SMILES string of the molecule is CCCN(CC(=O)N(C)C)C(=O)C[C@@H]1CCC[C@H]1N. The molecule has 5 heteroatoms. The highest BCUT2D eigenvalue weighted by molar-refractivity contribution is 5.84. The van der Waals surface area contributed by atoms with Crippen molar-refractivity contribution < 1.29 is 9.59 Å². The van der Waals surface area contributed by atoms with Gasteiger partial charge in [-0.3, -0.25) is 9.59 Å². The summed E-state index contributed by atoms with van der Waals surface area (Å²) in [7, 11) is 3.42. The molecule has 1 saturated carbocycles. The maximum Gasteiger partial charge on any atom is 0.241 e. The van der Waals surface area contributed by atoms with E-state index < -0.39 is 0 Å². The molecule has 19 heavy (non-hydrogen) atoms. The van der Waals surface area contributed by atoms with Crippen LogP contribution >= 0.6 is 0 Å². The third-order valence-electron chi connectivity index (χ3n) is 3.83. The van der Waals surface area contributed by atoms with E-state index in [1.807, 2.05) is 6.92 Å². The lowest BCUT2D eigenvalue weighted by Gasteiger charge is -2.25. The summed E-state index contributed by atoms with van der Waals surface area (Å²) in [5.74, 6) is 0.332. The number of nitrogens with zero attached hydrogens (tertiary/aromatic N) is 2. The highest BCUT2D eigenvalue weighted by atomic mass is 16.2. The molecule has 0 aromatic carbocycles. The van der Waals surface area contributed by atoms with Gasteiger partial charge in [-0.1, -0.05) is 13.3 Å². The fourth-order valence-electron chi connectivity index (χ4n) is 2.54. The van der Waals surface area contributed by atoms with E-state index in [9.17, 15) is 9.59 Å². The molecule has 0 bridgehead atoms. The van der Waals surface area contributed by atoms with E-state index in [1.165, 1.54) is 4.90 Å². The van der Waals surface area contributed by atoms with Crippen LogP contribution in [0.4, 0.5) is 0 Å². The molecule has 2 atom stereocenters. The Labute approximate surface area is 116 Å². The maximum absolute atomic E-state index is 12.3. The molecule has 0 unspecified atom stereocenters. The summed E-state index contributed by atoms with van der Waals surface area (Å²) in [6, 6.07) is 0.150. The smallest absolute Gasteiger partial charge is 0.241 e. The van der Waals surface area contributed by atoms with Crippen LogP contribution < -0.4 is 5.73 Å². The standard InChI is InChI=1S/C14H27N3O2/c1-4-8-17(10-14(19)16(2)3)13(18)9-11-6-5-7-12(11)15/h11-12H,4-10,15H2,1-3H3/t11-,12+/m0/s1. The van der Waals surface area contributed by atoms with Crippen molar-refractivity contribution in [2.45, 2.75) is 45.1 Å². The summed E-state index contributed by atoms with van der Waals surface area (Å²) in [6.45, 7) is 2.84. The van der Waals surface area contributed by atoms with Crippen molar-refractivity contribution in [3.63, 3.8) is 0 Å². The first-order valence-electron chi connectivity index (χ1n) is 7.19. The van der Waals surface area contributed by atoms with Gasteiger partial charge in [-0.05, 0) is 25.2 Å². The zero-order valence-corrected chi connectivity index (χ0v) is 12.4. The number of amides is 2. The fourth-order valence-corrected chi connectivity index (χ4v) is 2.54. The number of carbonyl (C=O) groups excluding carboxylic acids is 2. The molecule has 2 amide bonds. The number of rotatable bonds is 6. The first kappa shape index (κ1) is 16.0. The first-order valence-corrected chi connectivity index (χ1v) is 7.19. The van der Waals surface area contributed by atoms with Crippen LogP contribution in [0.5, 0.6) is 0 Å². The molecule has 1 rings (SSSR count). The van der Waals surface area contributed by atoms with E-state index in [0.717, 1.165) is 25.7 Å². The maximum atomic E-state index is 12.3. The molecule has 1 aliphatic carbocycles. The number of hydrogen-bond donors (Lipinski definition) is 1. The third kappa shape index (κ3) is 4.82. The molecule has 0 aromatic heterocycles. The van der Waals surface area contributed by atoms with Crippen LogP contribution in [0.2, 0.25) is 0 Å². The normalized spacial score (nSPS) is 22.3. The molecule has 110 valence electrons. The molecule has 0 radical (unpaired) electrons. The molecule has 0 spiro atoms. The Morgan fingerprint density at radius 1 is 1.21 bits per heavy atom. The lowest BCUT2D eigenvalue weighted by Crippen LogP contribution is -2.42. The molecule has 0 aliphatic heterocycles. The van der Waals surface area contributed by atoms with E-state index in [2.05, 4.69) is 0 Å². The van der Waals surface area contributed by atoms with Crippen LogP contribution in [0.1, 0.15) is 39.0 Å². The Kier molecular flexibility index (Phi) is 6.28. The zero-order chi connectivity index (χ0) is 14.4. The predicted molar refractivity (Wildman–Crippen MR) is 75.5 cm³/mol. The molecule has 5 nitrogen and oxygen atoms in total. The van der Waals surface area contributed by atoms with Gasteiger partial charge in [0.05, 0.1) is 6.54 Å². The minimum atomic E-state index is -0.0301. The third-order valence-corrected chi connectivity index (χ3v) is 3.83.